The minimum absolute atomic E-state index is 0.0305. The molecule has 0 aliphatic rings. The quantitative estimate of drug-likeness (QED) is 0.584. The molecule has 0 spiro atoms. The maximum atomic E-state index is 12.2. The van der Waals surface area contributed by atoms with E-state index >= 15 is 0 Å². The van der Waals surface area contributed by atoms with Crippen molar-refractivity contribution < 1.29 is 20.1 Å². The normalized spacial score (nSPS) is 10.4. The maximum absolute atomic E-state index is 12.2. The highest BCUT2D eigenvalue weighted by molar-refractivity contribution is 6.01. The molecule has 0 fully saturated rings. The molecular weight excluding hydrogens is 244 g/mol. The van der Waals surface area contributed by atoms with Crippen LogP contribution in [-0.4, -0.2) is 21.1 Å². The van der Waals surface area contributed by atoms with Gasteiger partial charge in [0.1, 0.15) is 17.2 Å². The highest BCUT2D eigenvalue weighted by Gasteiger charge is 2.17. The lowest BCUT2D eigenvalue weighted by Gasteiger charge is -2.09. The first-order valence-electron chi connectivity index (χ1n) is 5.81. The summed E-state index contributed by atoms with van der Waals surface area (Å²) in [6, 6.07) is 9.01. The summed E-state index contributed by atoms with van der Waals surface area (Å²) in [5.41, 5.74) is 1.11. The van der Waals surface area contributed by atoms with Crippen LogP contribution >= 0.6 is 0 Å². The van der Waals surface area contributed by atoms with Crippen molar-refractivity contribution >= 4 is 5.78 Å². The highest BCUT2D eigenvalue weighted by atomic mass is 16.3. The molecule has 98 valence electrons. The number of carbonyl (C=O) groups excluding carboxylic acids is 1. The first-order valence-corrected chi connectivity index (χ1v) is 5.81. The molecule has 0 amide bonds. The highest BCUT2D eigenvalue weighted by Crippen LogP contribution is 2.29. The van der Waals surface area contributed by atoms with Crippen molar-refractivity contribution in [3.05, 3.63) is 53.1 Å². The van der Waals surface area contributed by atoms with E-state index in [1.54, 1.807) is 19.1 Å². The zero-order valence-electron chi connectivity index (χ0n) is 10.4. The van der Waals surface area contributed by atoms with Crippen molar-refractivity contribution in [1.29, 1.82) is 0 Å². The molecule has 2 aromatic rings. The van der Waals surface area contributed by atoms with Gasteiger partial charge < -0.3 is 15.3 Å². The average molecular weight is 258 g/mol. The van der Waals surface area contributed by atoms with Crippen LogP contribution in [0.25, 0.3) is 0 Å². The number of ketones is 1. The Kier molecular flexibility index (Phi) is 3.42. The fourth-order valence-electron chi connectivity index (χ4n) is 1.98. The molecule has 3 N–H and O–H groups in total. The number of rotatable bonds is 3. The van der Waals surface area contributed by atoms with Crippen molar-refractivity contribution in [2.75, 3.05) is 0 Å². The Morgan fingerprint density at radius 1 is 1.05 bits per heavy atom. The van der Waals surface area contributed by atoms with Crippen LogP contribution in [0.2, 0.25) is 0 Å². The number of benzene rings is 2. The predicted octanol–water partition coefficient (Wildman–Crippen LogP) is 2.54. The fourth-order valence-corrected chi connectivity index (χ4v) is 1.98. The summed E-state index contributed by atoms with van der Waals surface area (Å²) in [5.74, 6) is -0.406. The molecule has 0 aliphatic carbocycles. The standard InChI is InChI=1S/C15H14O4/c1-9-12(17)5-6-13(18)15(9)14(19)8-10-3-2-4-11(16)7-10/h2-7,16-18H,8H2,1H3. The van der Waals surface area contributed by atoms with E-state index in [1.165, 1.54) is 24.3 Å². The van der Waals surface area contributed by atoms with Crippen LogP contribution in [0.5, 0.6) is 17.2 Å². The van der Waals surface area contributed by atoms with Crippen LogP contribution in [0.4, 0.5) is 0 Å². The van der Waals surface area contributed by atoms with Gasteiger partial charge in [-0.3, -0.25) is 4.79 Å². The summed E-state index contributed by atoms with van der Waals surface area (Å²) in [7, 11) is 0. The number of carbonyl (C=O) groups is 1. The summed E-state index contributed by atoms with van der Waals surface area (Å²) in [5, 5.41) is 28.7. The minimum Gasteiger partial charge on any atom is -0.508 e. The molecule has 0 saturated carbocycles. The SMILES string of the molecule is Cc1c(O)ccc(O)c1C(=O)Cc1cccc(O)c1. The zero-order chi connectivity index (χ0) is 14.0. The lowest BCUT2D eigenvalue weighted by atomic mass is 9.97. The molecule has 0 saturated heterocycles. The molecule has 0 atom stereocenters. The summed E-state index contributed by atoms with van der Waals surface area (Å²) < 4.78 is 0. The van der Waals surface area contributed by atoms with Crippen molar-refractivity contribution in [2.24, 2.45) is 0 Å². The van der Waals surface area contributed by atoms with Gasteiger partial charge in [-0.2, -0.15) is 0 Å². The summed E-state index contributed by atoms with van der Waals surface area (Å²) in [6.07, 6.45) is 0.0479. The number of phenols is 3. The third-order valence-electron chi connectivity index (χ3n) is 2.97. The monoisotopic (exact) mass is 258 g/mol. The van der Waals surface area contributed by atoms with E-state index in [0.29, 0.717) is 11.1 Å². The van der Waals surface area contributed by atoms with Crippen LogP contribution in [0, 0.1) is 6.92 Å². The van der Waals surface area contributed by atoms with E-state index in [2.05, 4.69) is 0 Å². The van der Waals surface area contributed by atoms with Gasteiger partial charge in [-0.05, 0) is 36.8 Å². The first-order chi connectivity index (χ1) is 8.99. The Labute approximate surface area is 110 Å². The van der Waals surface area contributed by atoms with Gasteiger partial charge in [0.25, 0.3) is 0 Å². The maximum Gasteiger partial charge on any atom is 0.171 e. The van der Waals surface area contributed by atoms with Gasteiger partial charge in [-0.1, -0.05) is 12.1 Å². The van der Waals surface area contributed by atoms with E-state index in [4.69, 9.17) is 0 Å². The molecular formula is C15H14O4. The van der Waals surface area contributed by atoms with E-state index in [9.17, 15) is 20.1 Å². The predicted molar refractivity (Wildman–Crippen MR) is 70.6 cm³/mol. The van der Waals surface area contributed by atoms with Gasteiger partial charge in [0, 0.05) is 12.0 Å². The second kappa shape index (κ2) is 5.02. The smallest absolute Gasteiger partial charge is 0.171 e. The lowest BCUT2D eigenvalue weighted by molar-refractivity contribution is 0.0989. The number of aromatic hydroxyl groups is 3. The summed E-state index contributed by atoms with van der Waals surface area (Å²) >= 11 is 0. The Morgan fingerprint density at radius 3 is 2.42 bits per heavy atom. The molecule has 19 heavy (non-hydrogen) atoms. The van der Waals surface area contributed by atoms with Crippen LogP contribution in [0.1, 0.15) is 21.5 Å². The van der Waals surface area contributed by atoms with Crippen LogP contribution < -0.4 is 0 Å². The minimum atomic E-state index is -0.309. The van der Waals surface area contributed by atoms with E-state index in [-0.39, 0.29) is 35.0 Å². The second-order valence-electron chi connectivity index (χ2n) is 4.37. The Hall–Kier alpha value is -2.49. The van der Waals surface area contributed by atoms with Crippen LogP contribution in [0.3, 0.4) is 0 Å². The molecule has 0 heterocycles. The Balaban J connectivity index is 2.33. The fraction of sp³-hybridized carbons (Fsp3) is 0.133. The Bertz CT molecular complexity index is 632. The van der Waals surface area contributed by atoms with Gasteiger partial charge in [0.15, 0.2) is 5.78 Å². The first kappa shape index (κ1) is 13.0. The average Bonchev–Trinajstić information content (AvgIpc) is 2.34. The van der Waals surface area contributed by atoms with E-state index < -0.39 is 0 Å². The Morgan fingerprint density at radius 2 is 1.74 bits per heavy atom. The van der Waals surface area contributed by atoms with Crippen molar-refractivity contribution in [3.8, 4) is 17.2 Å². The van der Waals surface area contributed by atoms with Crippen LogP contribution in [0.15, 0.2) is 36.4 Å². The van der Waals surface area contributed by atoms with E-state index in [1.807, 2.05) is 0 Å². The van der Waals surface area contributed by atoms with Gasteiger partial charge in [-0.25, -0.2) is 0 Å². The second-order valence-corrected chi connectivity index (χ2v) is 4.37. The molecule has 2 aromatic carbocycles. The molecule has 0 unspecified atom stereocenters. The largest absolute Gasteiger partial charge is 0.508 e. The number of phenolic OH excluding ortho intramolecular Hbond substituents is 3. The molecule has 0 bridgehead atoms. The third kappa shape index (κ3) is 2.68. The number of Topliss-reactive ketones (excluding diaryl/α,β-unsaturated/α-hetero) is 1. The molecule has 0 aliphatic heterocycles. The van der Waals surface area contributed by atoms with Gasteiger partial charge in [0.05, 0.1) is 5.56 Å². The topological polar surface area (TPSA) is 77.8 Å². The molecule has 0 aromatic heterocycles. The zero-order valence-corrected chi connectivity index (χ0v) is 10.4. The molecule has 2 rings (SSSR count). The van der Waals surface area contributed by atoms with Crippen molar-refractivity contribution in [3.63, 3.8) is 0 Å². The number of hydrogen-bond donors (Lipinski definition) is 3. The third-order valence-corrected chi connectivity index (χ3v) is 2.97. The van der Waals surface area contributed by atoms with Gasteiger partial charge in [0.2, 0.25) is 0 Å². The van der Waals surface area contributed by atoms with Crippen molar-refractivity contribution in [2.45, 2.75) is 13.3 Å². The number of hydrogen-bond acceptors (Lipinski definition) is 4. The van der Waals surface area contributed by atoms with Crippen LogP contribution in [-0.2, 0) is 6.42 Å². The molecule has 4 heteroatoms. The van der Waals surface area contributed by atoms with Gasteiger partial charge >= 0.3 is 0 Å². The lowest BCUT2D eigenvalue weighted by Crippen LogP contribution is -2.06. The van der Waals surface area contributed by atoms with Crippen molar-refractivity contribution in [1.82, 2.24) is 0 Å². The van der Waals surface area contributed by atoms with Gasteiger partial charge in [-0.15, -0.1) is 0 Å². The molecule has 4 nitrogen and oxygen atoms in total. The summed E-state index contributed by atoms with van der Waals surface area (Å²) in [6.45, 7) is 1.57. The summed E-state index contributed by atoms with van der Waals surface area (Å²) in [4.78, 5) is 12.2. The molecule has 0 radical (unpaired) electrons. The van der Waals surface area contributed by atoms with E-state index in [0.717, 1.165) is 0 Å².